The Morgan fingerprint density at radius 3 is 2.35 bits per heavy atom. The summed E-state index contributed by atoms with van der Waals surface area (Å²) in [4.78, 5) is 1.37. The van der Waals surface area contributed by atoms with Gasteiger partial charge in [-0.05, 0) is 61.9 Å². The Hall–Kier alpha value is -1.17. The normalized spacial score (nSPS) is 13.4. The van der Waals surface area contributed by atoms with Crippen LogP contribution in [0.4, 0.5) is 0 Å². The Morgan fingerprint density at radius 2 is 1.75 bits per heavy atom. The fraction of sp³-hybridized carbons (Fsp3) is 0.333. The van der Waals surface area contributed by atoms with Gasteiger partial charge in [-0.15, -0.1) is 11.3 Å². The van der Waals surface area contributed by atoms with Crippen LogP contribution in [0.5, 0.6) is 0 Å². The van der Waals surface area contributed by atoms with Crippen LogP contribution in [0.1, 0.15) is 34.5 Å². The highest BCUT2D eigenvalue weighted by molar-refractivity contribution is 7.89. The molecule has 0 unspecified atom stereocenters. The van der Waals surface area contributed by atoms with E-state index >= 15 is 0 Å². The largest absolute Gasteiger partial charge is 0.241 e. The molecular weight excluding hydrogens is 290 g/mol. The molecule has 0 aliphatic rings. The molecule has 0 spiro atoms. The second-order valence-corrected chi connectivity index (χ2v) is 7.72. The van der Waals surface area contributed by atoms with E-state index in [4.69, 9.17) is 0 Å². The molecule has 0 saturated heterocycles. The maximum absolute atomic E-state index is 12.5. The van der Waals surface area contributed by atoms with Crippen molar-refractivity contribution in [2.75, 3.05) is 0 Å². The molecule has 0 radical (unpaired) electrons. The molecule has 20 heavy (non-hydrogen) atoms. The minimum absolute atomic E-state index is 0.221. The van der Waals surface area contributed by atoms with Crippen molar-refractivity contribution in [1.82, 2.24) is 4.72 Å². The maximum Gasteiger partial charge on any atom is 0.241 e. The van der Waals surface area contributed by atoms with Gasteiger partial charge in [0, 0.05) is 4.88 Å². The van der Waals surface area contributed by atoms with E-state index in [1.807, 2.05) is 51.3 Å². The summed E-state index contributed by atoms with van der Waals surface area (Å²) in [5, 5.41) is 1.95. The Labute approximate surface area is 124 Å². The van der Waals surface area contributed by atoms with Crippen LogP contribution < -0.4 is 4.72 Å². The van der Waals surface area contributed by atoms with Crippen molar-refractivity contribution in [3.05, 3.63) is 51.2 Å². The van der Waals surface area contributed by atoms with E-state index in [1.165, 1.54) is 0 Å². The van der Waals surface area contributed by atoms with E-state index in [1.54, 1.807) is 17.4 Å². The number of hydrogen-bond donors (Lipinski definition) is 1. The van der Waals surface area contributed by atoms with Crippen molar-refractivity contribution in [2.24, 2.45) is 0 Å². The van der Waals surface area contributed by atoms with Gasteiger partial charge in [0.05, 0.1) is 10.9 Å². The monoisotopic (exact) mass is 309 g/mol. The Morgan fingerprint density at radius 1 is 1.10 bits per heavy atom. The third-order valence-electron chi connectivity index (χ3n) is 3.38. The van der Waals surface area contributed by atoms with Crippen molar-refractivity contribution in [1.29, 1.82) is 0 Å². The van der Waals surface area contributed by atoms with Crippen molar-refractivity contribution in [3.63, 3.8) is 0 Å². The highest BCUT2D eigenvalue weighted by Crippen LogP contribution is 2.24. The molecule has 5 heteroatoms. The van der Waals surface area contributed by atoms with Crippen LogP contribution in [0.15, 0.2) is 34.5 Å². The SMILES string of the molecule is Cc1cc(C)c(S(=O)(=O)N[C@@H](C)c2cccs2)cc1C. The summed E-state index contributed by atoms with van der Waals surface area (Å²) >= 11 is 1.55. The number of rotatable bonds is 4. The van der Waals surface area contributed by atoms with Crippen molar-refractivity contribution >= 4 is 21.4 Å². The highest BCUT2D eigenvalue weighted by atomic mass is 32.2. The summed E-state index contributed by atoms with van der Waals surface area (Å²) in [5.74, 6) is 0. The number of aryl methyl sites for hydroxylation is 3. The number of benzene rings is 1. The lowest BCUT2D eigenvalue weighted by Crippen LogP contribution is -2.27. The van der Waals surface area contributed by atoms with E-state index in [0.717, 1.165) is 21.6 Å². The molecule has 0 amide bonds. The predicted octanol–water partition coefficient (Wildman–Crippen LogP) is 3.71. The topological polar surface area (TPSA) is 46.2 Å². The predicted molar refractivity (Wildman–Crippen MR) is 83.7 cm³/mol. The molecule has 1 N–H and O–H groups in total. The van der Waals surface area contributed by atoms with Crippen LogP contribution in [0.3, 0.4) is 0 Å². The van der Waals surface area contributed by atoms with Crippen LogP contribution in [-0.4, -0.2) is 8.42 Å². The fourth-order valence-electron chi connectivity index (χ4n) is 2.12. The molecule has 1 atom stereocenters. The van der Waals surface area contributed by atoms with Gasteiger partial charge >= 0.3 is 0 Å². The zero-order chi connectivity index (χ0) is 14.9. The number of sulfonamides is 1. The van der Waals surface area contributed by atoms with E-state index in [-0.39, 0.29) is 6.04 Å². The van der Waals surface area contributed by atoms with E-state index in [9.17, 15) is 8.42 Å². The minimum Gasteiger partial charge on any atom is -0.207 e. The summed E-state index contributed by atoms with van der Waals surface area (Å²) in [6.45, 7) is 7.60. The third kappa shape index (κ3) is 3.11. The van der Waals surface area contributed by atoms with E-state index in [0.29, 0.717) is 4.90 Å². The lowest BCUT2D eigenvalue weighted by molar-refractivity contribution is 0.568. The van der Waals surface area contributed by atoms with Gasteiger partial charge in [0.25, 0.3) is 0 Å². The number of hydrogen-bond acceptors (Lipinski definition) is 3. The smallest absolute Gasteiger partial charge is 0.207 e. The van der Waals surface area contributed by atoms with E-state index < -0.39 is 10.0 Å². The second kappa shape index (κ2) is 5.68. The molecule has 1 aromatic heterocycles. The Balaban J connectivity index is 2.34. The Kier molecular flexibility index (Phi) is 4.32. The first kappa shape index (κ1) is 15.2. The molecule has 0 bridgehead atoms. The molecule has 0 aliphatic heterocycles. The summed E-state index contributed by atoms with van der Waals surface area (Å²) in [6.07, 6.45) is 0. The van der Waals surface area contributed by atoms with Crippen LogP contribution in [-0.2, 0) is 10.0 Å². The maximum atomic E-state index is 12.5. The molecular formula is C15H19NO2S2. The lowest BCUT2D eigenvalue weighted by atomic mass is 10.1. The van der Waals surface area contributed by atoms with Gasteiger partial charge in [0.15, 0.2) is 0 Å². The minimum atomic E-state index is -3.50. The van der Waals surface area contributed by atoms with Gasteiger partial charge in [-0.1, -0.05) is 12.1 Å². The summed E-state index contributed by atoms with van der Waals surface area (Å²) < 4.78 is 27.8. The summed E-state index contributed by atoms with van der Waals surface area (Å²) in [6, 6.07) is 7.30. The van der Waals surface area contributed by atoms with Crippen LogP contribution in [0, 0.1) is 20.8 Å². The van der Waals surface area contributed by atoms with Crippen molar-refractivity contribution < 1.29 is 8.42 Å². The molecule has 1 heterocycles. The van der Waals surface area contributed by atoms with Crippen molar-refractivity contribution in [3.8, 4) is 0 Å². The van der Waals surface area contributed by atoms with Gasteiger partial charge in [-0.2, -0.15) is 0 Å². The zero-order valence-electron chi connectivity index (χ0n) is 12.1. The lowest BCUT2D eigenvalue weighted by Gasteiger charge is -2.15. The molecule has 1 aromatic carbocycles. The van der Waals surface area contributed by atoms with Crippen molar-refractivity contribution in [2.45, 2.75) is 38.6 Å². The van der Waals surface area contributed by atoms with Gasteiger partial charge in [-0.25, -0.2) is 13.1 Å². The number of nitrogens with one attached hydrogen (secondary N) is 1. The second-order valence-electron chi connectivity index (χ2n) is 5.06. The van der Waals surface area contributed by atoms with Crippen LogP contribution in [0.25, 0.3) is 0 Å². The fourth-order valence-corrected chi connectivity index (χ4v) is 4.46. The first-order valence-corrected chi connectivity index (χ1v) is 8.81. The molecule has 2 aromatic rings. The molecule has 2 rings (SSSR count). The molecule has 0 saturated carbocycles. The molecule has 0 aliphatic carbocycles. The van der Waals surface area contributed by atoms with Gasteiger partial charge in [-0.3, -0.25) is 0 Å². The highest BCUT2D eigenvalue weighted by Gasteiger charge is 2.21. The summed E-state index contributed by atoms with van der Waals surface area (Å²) in [7, 11) is -3.50. The average Bonchev–Trinajstić information content (AvgIpc) is 2.86. The van der Waals surface area contributed by atoms with Gasteiger partial charge < -0.3 is 0 Å². The first-order chi connectivity index (χ1) is 9.31. The average molecular weight is 309 g/mol. The molecule has 3 nitrogen and oxygen atoms in total. The van der Waals surface area contributed by atoms with Gasteiger partial charge in [0.2, 0.25) is 10.0 Å². The van der Waals surface area contributed by atoms with Gasteiger partial charge in [0.1, 0.15) is 0 Å². The molecule has 0 fully saturated rings. The quantitative estimate of drug-likeness (QED) is 0.935. The molecule has 108 valence electrons. The van der Waals surface area contributed by atoms with Crippen LogP contribution >= 0.6 is 11.3 Å². The number of thiophene rings is 1. The standard InChI is InChI=1S/C15H19NO2S2/c1-10-8-12(3)15(9-11(10)2)20(17,18)16-13(4)14-6-5-7-19-14/h5-9,13,16H,1-4H3/t13-/m0/s1. The van der Waals surface area contributed by atoms with E-state index in [2.05, 4.69) is 4.72 Å². The first-order valence-electron chi connectivity index (χ1n) is 6.45. The zero-order valence-corrected chi connectivity index (χ0v) is 13.7. The third-order valence-corrected chi connectivity index (χ3v) is 6.12. The Bertz CT molecular complexity index is 704. The summed E-state index contributed by atoms with van der Waals surface area (Å²) in [5.41, 5.74) is 2.87. The van der Waals surface area contributed by atoms with Crippen LogP contribution in [0.2, 0.25) is 0 Å².